The van der Waals surface area contributed by atoms with E-state index in [9.17, 15) is 27.6 Å². The van der Waals surface area contributed by atoms with Crippen LogP contribution in [0.1, 0.15) is 31.1 Å². The van der Waals surface area contributed by atoms with Gasteiger partial charge in [-0.05, 0) is 32.9 Å². The minimum Gasteiger partial charge on any atom is -0.465 e. The summed E-state index contributed by atoms with van der Waals surface area (Å²) in [7, 11) is 0. The zero-order chi connectivity index (χ0) is 20.8. The number of carboxylic acid groups (broad SMARTS) is 1. The van der Waals surface area contributed by atoms with Crippen molar-refractivity contribution in [3.8, 4) is 0 Å². The van der Waals surface area contributed by atoms with Crippen LogP contribution < -0.4 is 16.0 Å². The van der Waals surface area contributed by atoms with Gasteiger partial charge in [-0.25, -0.2) is 14.6 Å². The number of hydrogen-bond acceptors (Lipinski definition) is 6. The highest BCUT2D eigenvalue weighted by Gasteiger charge is 2.41. The van der Waals surface area contributed by atoms with Crippen molar-refractivity contribution in [1.29, 1.82) is 0 Å². The van der Waals surface area contributed by atoms with Crippen LogP contribution in [-0.4, -0.2) is 52.9 Å². The van der Waals surface area contributed by atoms with Crippen LogP contribution in [0.5, 0.6) is 0 Å². The Balaban J connectivity index is 2.76. The van der Waals surface area contributed by atoms with E-state index >= 15 is 0 Å². The predicted octanol–water partition coefficient (Wildman–Crippen LogP) is 2.85. The summed E-state index contributed by atoms with van der Waals surface area (Å²) in [4.78, 5) is 37.2. The van der Waals surface area contributed by atoms with Gasteiger partial charge in [0, 0.05) is 13.1 Å². The molecule has 4 N–H and O–H groups in total. The third kappa shape index (κ3) is 7.79. The Morgan fingerprint density at radius 2 is 1.78 bits per heavy atom. The summed E-state index contributed by atoms with van der Waals surface area (Å²) in [6.45, 7) is 5.29. The van der Waals surface area contributed by atoms with E-state index in [1.54, 1.807) is 26.1 Å². The highest BCUT2D eigenvalue weighted by Crippen LogP contribution is 2.26. The van der Waals surface area contributed by atoms with Crippen LogP contribution in [0.4, 0.5) is 34.4 Å². The standard InChI is InChI=1S/C15H19F3N4O5/c1-14(2,3)27-13(26)20-7-6-19-9-5-4-8(10(23)15(16,17)18)11(21-9)22-12(24)25/h4-5H,6-7H2,1-3H3,(H,20,26)(H,24,25)(H2,19,21,22). The van der Waals surface area contributed by atoms with E-state index < -0.39 is 41.1 Å². The maximum absolute atomic E-state index is 12.6. The molecule has 0 spiro atoms. The Kier molecular flexibility index (Phi) is 6.97. The number of carbonyl (C=O) groups excluding carboxylic acids is 2. The average molecular weight is 392 g/mol. The van der Waals surface area contributed by atoms with Gasteiger partial charge in [-0.3, -0.25) is 10.1 Å². The highest BCUT2D eigenvalue weighted by molar-refractivity contribution is 6.06. The molecule has 0 aromatic carbocycles. The van der Waals surface area contributed by atoms with Crippen LogP contribution >= 0.6 is 0 Å². The number of nitrogens with zero attached hydrogens (tertiary/aromatic N) is 1. The number of amides is 2. The second kappa shape index (κ2) is 8.56. The maximum atomic E-state index is 12.6. The number of Topliss-reactive ketones (excluding diaryl/α,β-unsaturated/α-hetero) is 1. The number of rotatable bonds is 6. The molecular weight excluding hydrogens is 373 g/mol. The molecule has 0 aliphatic carbocycles. The van der Waals surface area contributed by atoms with Gasteiger partial charge in [0.15, 0.2) is 0 Å². The lowest BCUT2D eigenvalue weighted by Crippen LogP contribution is -2.35. The van der Waals surface area contributed by atoms with Gasteiger partial charge in [0.2, 0.25) is 0 Å². The number of halogens is 3. The summed E-state index contributed by atoms with van der Waals surface area (Å²) >= 11 is 0. The first-order valence-corrected chi connectivity index (χ1v) is 7.63. The number of carbonyl (C=O) groups is 3. The Bertz CT molecular complexity index is 716. The van der Waals surface area contributed by atoms with Gasteiger partial charge in [0.25, 0.3) is 5.78 Å². The first kappa shape index (κ1) is 22.0. The fourth-order valence-electron chi connectivity index (χ4n) is 1.76. The van der Waals surface area contributed by atoms with Gasteiger partial charge < -0.3 is 20.5 Å². The van der Waals surface area contributed by atoms with Gasteiger partial charge in [-0.15, -0.1) is 0 Å². The number of alkyl carbamates (subject to hydrolysis) is 1. The SMILES string of the molecule is CC(C)(C)OC(=O)NCCNc1ccc(C(=O)C(F)(F)F)c(NC(=O)O)n1. The molecule has 0 aliphatic rings. The molecule has 1 aromatic heterocycles. The maximum Gasteiger partial charge on any atom is 0.455 e. The molecule has 1 heterocycles. The van der Waals surface area contributed by atoms with Crippen molar-refractivity contribution in [1.82, 2.24) is 10.3 Å². The minimum absolute atomic E-state index is 0.00321. The van der Waals surface area contributed by atoms with E-state index in [0.717, 1.165) is 12.1 Å². The lowest BCUT2D eigenvalue weighted by Gasteiger charge is -2.19. The van der Waals surface area contributed by atoms with E-state index in [2.05, 4.69) is 15.6 Å². The molecule has 12 heteroatoms. The number of aromatic nitrogens is 1. The Hall–Kier alpha value is -3.05. The quantitative estimate of drug-likeness (QED) is 0.433. The Morgan fingerprint density at radius 1 is 1.15 bits per heavy atom. The highest BCUT2D eigenvalue weighted by atomic mass is 19.4. The van der Waals surface area contributed by atoms with E-state index in [0.29, 0.717) is 0 Å². The zero-order valence-corrected chi connectivity index (χ0v) is 14.7. The van der Waals surface area contributed by atoms with Gasteiger partial charge in [-0.1, -0.05) is 0 Å². The van der Waals surface area contributed by atoms with Gasteiger partial charge in [-0.2, -0.15) is 13.2 Å². The summed E-state index contributed by atoms with van der Waals surface area (Å²) in [6.07, 6.45) is -7.51. The summed E-state index contributed by atoms with van der Waals surface area (Å²) in [5.41, 5.74) is -1.60. The molecule has 1 aromatic rings. The van der Waals surface area contributed by atoms with Crippen LogP contribution in [0, 0.1) is 0 Å². The number of pyridine rings is 1. The third-order valence-electron chi connectivity index (χ3n) is 2.72. The van der Waals surface area contributed by atoms with Crippen molar-refractivity contribution >= 4 is 29.6 Å². The van der Waals surface area contributed by atoms with E-state index in [1.807, 2.05) is 0 Å². The van der Waals surface area contributed by atoms with Crippen LogP contribution in [0.3, 0.4) is 0 Å². The molecule has 0 bridgehead atoms. The van der Waals surface area contributed by atoms with Crippen molar-refractivity contribution in [2.75, 3.05) is 23.7 Å². The number of nitrogens with one attached hydrogen (secondary N) is 3. The molecule has 150 valence electrons. The van der Waals surface area contributed by atoms with Crippen molar-refractivity contribution in [3.05, 3.63) is 17.7 Å². The summed E-state index contributed by atoms with van der Waals surface area (Å²) < 4.78 is 42.7. The molecule has 0 unspecified atom stereocenters. The molecule has 0 atom stereocenters. The van der Waals surface area contributed by atoms with Crippen molar-refractivity contribution in [2.24, 2.45) is 0 Å². The van der Waals surface area contributed by atoms with E-state index in [1.165, 1.54) is 0 Å². The minimum atomic E-state index is -5.18. The number of anilines is 2. The molecule has 0 saturated carbocycles. The van der Waals surface area contributed by atoms with Crippen molar-refractivity contribution < 1.29 is 37.4 Å². The lowest BCUT2D eigenvalue weighted by molar-refractivity contribution is -0.0884. The Labute approximate surface area is 152 Å². The van der Waals surface area contributed by atoms with Crippen molar-refractivity contribution in [2.45, 2.75) is 32.5 Å². The second-order valence-corrected chi connectivity index (χ2v) is 6.21. The van der Waals surface area contributed by atoms with Gasteiger partial charge in [0.05, 0.1) is 5.56 Å². The molecule has 0 saturated heterocycles. The molecule has 0 aliphatic heterocycles. The molecule has 0 fully saturated rings. The lowest BCUT2D eigenvalue weighted by atomic mass is 10.1. The number of alkyl halides is 3. The number of ether oxygens (including phenoxy) is 1. The van der Waals surface area contributed by atoms with Crippen LogP contribution in [0.15, 0.2) is 12.1 Å². The monoisotopic (exact) mass is 392 g/mol. The largest absolute Gasteiger partial charge is 0.465 e. The smallest absolute Gasteiger partial charge is 0.455 e. The first-order valence-electron chi connectivity index (χ1n) is 7.63. The molecule has 9 nitrogen and oxygen atoms in total. The fourth-order valence-corrected chi connectivity index (χ4v) is 1.76. The van der Waals surface area contributed by atoms with Crippen LogP contribution in [-0.2, 0) is 4.74 Å². The van der Waals surface area contributed by atoms with Crippen LogP contribution in [0.25, 0.3) is 0 Å². The molecule has 0 radical (unpaired) electrons. The zero-order valence-electron chi connectivity index (χ0n) is 14.7. The normalized spacial score (nSPS) is 11.5. The summed E-state index contributed by atoms with van der Waals surface area (Å²) in [5.74, 6) is -2.98. The van der Waals surface area contributed by atoms with Crippen molar-refractivity contribution in [3.63, 3.8) is 0 Å². The topological polar surface area (TPSA) is 130 Å². The fraction of sp³-hybridized carbons (Fsp3) is 0.467. The number of hydrogen-bond donors (Lipinski definition) is 4. The third-order valence-corrected chi connectivity index (χ3v) is 2.72. The Morgan fingerprint density at radius 3 is 2.30 bits per heavy atom. The molecule has 1 rings (SSSR count). The average Bonchev–Trinajstić information content (AvgIpc) is 2.48. The van der Waals surface area contributed by atoms with E-state index in [4.69, 9.17) is 9.84 Å². The summed E-state index contributed by atoms with van der Waals surface area (Å²) in [5, 5.41) is 15.5. The molecule has 27 heavy (non-hydrogen) atoms. The number of ketones is 1. The van der Waals surface area contributed by atoms with Gasteiger partial charge in [0.1, 0.15) is 17.2 Å². The molecular formula is C15H19F3N4O5. The van der Waals surface area contributed by atoms with Gasteiger partial charge >= 0.3 is 18.4 Å². The van der Waals surface area contributed by atoms with E-state index in [-0.39, 0.29) is 18.9 Å². The first-order chi connectivity index (χ1) is 12.3. The van der Waals surface area contributed by atoms with Crippen LogP contribution in [0.2, 0.25) is 0 Å². The second-order valence-electron chi connectivity index (χ2n) is 6.21. The predicted molar refractivity (Wildman–Crippen MR) is 89.0 cm³/mol. The summed E-state index contributed by atoms with van der Waals surface area (Å²) in [6, 6.07) is 1.89. The molecule has 2 amide bonds.